The average Bonchev–Trinajstić information content (AvgIpc) is 2.43. The van der Waals surface area contributed by atoms with Crippen LogP contribution in [-0.2, 0) is 20.8 Å². The zero-order valence-corrected chi connectivity index (χ0v) is 12.0. The predicted octanol–water partition coefficient (Wildman–Crippen LogP) is 1.22. The van der Waals surface area contributed by atoms with Gasteiger partial charge in [0, 0.05) is 12.8 Å². The maximum Gasteiger partial charge on any atom is 0.326 e. The van der Waals surface area contributed by atoms with Crippen molar-refractivity contribution >= 4 is 5.97 Å². The van der Waals surface area contributed by atoms with E-state index in [2.05, 4.69) is 0 Å². The van der Waals surface area contributed by atoms with Crippen LogP contribution in [0.4, 0.5) is 0 Å². The number of nitrogens with zero attached hydrogens (tertiary/aromatic N) is 1. The molecule has 6 heteroatoms. The van der Waals surface area contributed by atoms with Crippen molar-refractivity contribution in [1.82, 2.24) is 4.57 Å². The first-order chi connectivity index (χ1) is 9.69. The Labute approximate surface area is 118 Å². The summed E-state index contributed by atoms with van der Waals surface area (Å²) in [5.74, 6) is -0.241. The second kappa shape index (κ2) is 9.14. The maximum atomic E-state index is 11.9. The third-order valence-corrected chi connectivity index (χ3v) is 2.42. The van der Waals surface area contributed by atoms with E-state index in [1.165, 1.54) is 10.8 Å². The van der Waals surface area contributed by atoms with E-state index in [0.29, 0.717) is 19.8 Å². The van der Waals surface area contributed by atoms with E-state index in [4.69, 9.17) is 14.2 Å². The highest BCUT2D eigenvalue weighted by Gasteiger charge is 2.08. The first-order valence-corrected chi connectivity index (χ1v) is 6.74. The molecular weight excluding hydrogens is 262 g/mol. The van der Waals surface area contributed by atoms with E-state index in [1.54, 1.807) is 19.1 Å². The standard InChI is InChI=1S/C14H21NO5/c1-3-8-18-9-10-20-13(16)11-15-7-5-6-12(14(15)17)19-4-2/h5-7H,3-4,8-11H2,1-2H3. The molecule has 112 valence electrons. The molecule has 0 atom stereocenters. The molecule has 0 aromatic carbocycles. The van der Waals surface area contributed by atoms with Crippen molar-refractivity contribution in [1.29, 1.82) is 0 Å². The molecule has 0 fully saturated rings. The molecule has 6 nitrogen and oxygen atoms in total. The Morgan fingerprint density at radius 3 is 2.75 bits per heavy atom. The summed E-state index contributed by atoms with van der Waals surface area (Å²) < 4.78 is 16.6. The van der Waals surface area contributed by atoms with Gasteiger partial charge in [0.25, 0.3) is 5.56 Å². The molecule has 1 aromatic heterocycles. The molecule has 1 rings (SSSR count). The zero-order chi connectivity index (χ0) is 14.8. The van der Waals surface area contributed by atoms with Crippen LogP contribution in [0.1, 0.15) is 20.3 Å². The fourth-order valence-corrected chi connectivity index (χ4v) is 1.55. The minimum Gasteiger partial charge on any atom is -0.488 e. The number of ether oxygens (including phenoxy) is 3. The van der Waals surface area contributed by atoms with Gasteiger partial charge in [-0.15, -0.1) is 0 Å². The normalized spacial score (nSPS) is 10.3. The van der Waals surface area contributed by atoms with Crippen molar-refractivity contribution in [2.24, 2.45) is 0 Å². The van der Waals surface area contributed by atoms with Gasteiger partial charge in [0.1, 0.15) is 13.2 Å². The molecule has 0 N–H and O–H groups in total. The minimum absolute atomic E-state index is 0.131. The van der Waals surface area contributed by atoms with Gasteiger partial charge in [0.05, 0.1) is 13.2 Å². The SMILES string of the molecule is CCCOCCOC(=O)Cn1cccc(OCC)c1=O. The van der Waals surface area contributed by atoms with Gasteiger partial charge in [0.15, 0.2) is 5.75 Å². The van der Waals surface area contributed by atoms with E-state index < -0.39 is 5.97 Å². The van der Waals surface area contributed by atoms with Crippen molar-refractivity contribution in [3.63, 3.8) is 0 Å². The molecule has 0 radical (unpaired) electrons. The Morgan fingerprint density at radius 1 is 1.25 bits per heavy atom. The molecule has 0 aliphatic heterocycles. The lowest BCUT2D eigenvalue weighted by Crippen LogP contribution is -2.26. The molecular formula is C14H21NO5. The Kier molecular flexibility index (Phi) is 7.42. The van der Waals surface area contributed by atoms with E-state index >= 15 is 0 Å². The Bertz CT molecular complexity index is 469. The highest BCUT2D eigenvalue weighted by molar-refractivity contribution is 5.69. The Balaban J connectivity index is 2.46. The Hall–Kier alpha value is -1.82. The second-order valence-electron chi connectivity index (χ2n) is 4.07. The highest BCUT2D eigenvalue weighted by Crippen LogP contribution is 2.01. The molecule has 0 amide bonds. The summed E-state index contributed by atoms with van der Waals surface area (Å²) in [6.45, 7) is 5.27. The van der Waals surface area contributed by atoms with Crippen LogP contribution in [0.5, 0.6) is 5.75 Å². The van der Waals surface area contributed by atoms with Gasteiger partial charge in [-0.1, -0.05) is 6.92 Å². The minimum atomic E-state index is -0.471. The van der Waals surface area contributed by atoms with Gasteiger partial charge in [-0.3, -0.25) is 9.59 Å². The van der Waals surface area contributed by atoms with Gasteiger partial charge >= 0.3 is 5.97 Å². The topological polar surface area (TPSA) is 66.8 Å². The van der Waals surface area contributed by atoms with Crippen LogP contribution in [0.15, 0.2) is 23.1 Å². The van der Waals surface area contributed by atoms with E-state index in [9.17, 15) is 9.59 Å². The lowest BCUT2D eigenvalue weighted by Gasteiger charge is -2.09. The van der Waals surface area contributed by atoms with Crippen LogP contribution < -0.4 is 10.3 Å². The van der Waals surface area contributed by atoms with E-state index in [1.807, 2.05) is 6.92 Å². The number of hydrogen-bond donors (Lipinski definition) is 0. The maximum absolute atomic E-state index is 11.9. The molecule has 0 aliphatic rings. The number of carbonyl (C=O) groups is 1. The summed E-state index contributed by atoms with van der Waals surface area (Å²) >= 11 is 0. The van der Waals surface area contributed by atoms with Crippen LogP contribution in [0.25, 0.3) is 0 Å². The Morgan fingerprint density at radius 2 is 2.05 bits per heavy atom. The van der Waals surface area contributed by atoms with Crippen molar-refractivity contribution in [2.75, 3.05) is 26.4 Å². The van der Waals surface area contributed by atoms with Crippen molar-refractivity contribution in [2.45, 2.75) is 26.8 Å². The summed E-state index contributed by atoms with van der Waals surface area (Å²) in [6, 6.07) is 3.23. The monoisotopic (exact) mass is 283 g/mol. The van der Waals surface area contributed by atoms with Crippen LogP contribution >= 0.6 is 0 Å². The average molecular weight is 283 g/mol. The molecule has 1 aromatic rings. The molecule has 0 aliphatic carbocycles. The van der Waals surface area contributed by atoms with Gasteiger partial charge in [-0.2, -0.15) is 0 Å². The highest BCUT2D eigenvalue weighted by atomic mass is 16.6. The first-order valence-electron chi connectivity index (χ1n) is 6.74. The zero-order valence-electron chi connectivity index (χ0n) is 12.0. The molecule has 0 bridgehead atoms. The number of hydrogen-bond acceptors (Lipinski definition) is 5. The number of pyridine rings is 1. The molecule has 0 unspecified atom stereocenters. The van der Waals surface area contributed by atoms with Crippen LogP contribution in [0.2, 0.25) is 0 Å². The number of rotatable bonds is 9. The summed E-state index contributed by atoms with van der Waals surface area (Å²) in [7, 11) is 0. The van der Waals surface area contributed by atoms with Crippen molar-refractivity contribution < 1.29 is 19.0 Å². The largest absolute Gasteiger partial charge is 0.488 e. The summed E-state index contributed by atoms with van der Waals surface area (Å²) in [6.07, 6.45) is 2.45. The van der Waals surface area contributed by atoms with E-state index in [-0.39, 0.29) is 24.5 Å². The number of esters is 1. The summed E-state index contributed by atoms with van der Waals surface area (Å²) in [4.78, 5) is 23.5. The molecule has 1 heterocycles. The molecule has 0 saturated heterocycles. The molecule has 0 saturated carbocycles. The quantitative estimate of drug-likeness (QED) is 0.503. The third kappa shape index (κ3) is 5.44. The number of carbonyl (C=O) groups excluding carboxylic acids is 1. The second-order valence-corrected chi connectivity index (χ2v) is 4.07. The van der Waals surface area contributed by atoms with Gasteiger partial charge < -0.3 is 18.8 Å². The van der Waals surface area contributed by atoms with Crippen molar-refractivity contribution in [3.8, 4) is 5.75 Å². The van der Waals surface area contributed by atoms with Crippen molar-refractivity contribution in [3.05, 3.63) is 28.7 Å². The first kappa shape index (κ1) is 16.2. The fourth-order valence-electron chi connectivity index (χ4n) is 1.55. The predicted molar refractivity (Wildman–Crippen MR) is 73.9 cm³/mol. The number of aromatic nitrogens is 1. The summed E-state index contributed by atoms with van der Waals surface area (Å²) in [5.41, 5.74) is -0.339. The van der Waals surface area contributed by atoms with Gasteiger partial charge in [0.2, 0.25) is 0 Å². The third-order valence-electron chi connectivity index (χ3n) is 2.42. The summed E-state index contributed by atoms with van der Waals surface area (Å²) in [5, 5.41) is 0. The van der Waals surface area contributed by atoms with E-state index in [0.717, 1.165) is 6.42 Å². The fraction of sp³-hybridized carbons (Fsp3) is 0.571. The van der Waals surface area contributed by atoms with Crippen LogP contribution in [0.3, 0.4) is 0 Å². The van der Waals surface area contributed by atoms with Crippen LogP contribution in [0, 0.1) is 0 Å². The van der Waals surface area contributed by atoms with Gasteiger partial charge in [-0.05, 0) is 25.5 Å². The smallest absolute Gasteiger partial charge is 0.326 e. The lowest BCUT2D eigenvalue weighted by molar-refractivity contribution is -0.146. The molecule has 0 spiro atoms. The lowest BCUT2D eigenvalue weighted by atomic mass is 10.4. The van der Waals surface area contributed by atoms with Gasteiger partial charge in [-0.25, -0.2) is 0 Å². The van der Waals surface area contributed by atoms with Crippen LogP contribution in [-0.4, -0.2) is 37.0 Å². The molecule has 20 heavy (non-hydrogen) atoms.